The number of halogens is 5. The Hall–Kier alpha value is -3.10. The van der Waals surface area contributed by atoms with Gasteiger partial charge in [0.25, 0.3) is 5.91 Å². The van der Waals surface area contributed by atoms with E-state index in [1.54, 1.807) is 36.4 Å². The third-order valence-electron chi connectivity index (χ3n) is 4.81. The van der Waals surface area contributed by atoms with Gasteiger partial charge in [0.15, 0.2) is 0 Å². The van der Waals surface area contributed by atoms with Gasteiger partial charge in [0, 0.05) is 28.2 Å². The maximum absolute atomic E-state index is 13.1. The molecule has 0 saturated carbocycles. The van der Waals surface area contributed by atoms with Gasteiger partial charge in [0.05, 0.1) is 28.8 Å². The van der Waals surface area contributed by atoms with E-state index in [4.69, 9.17) is 23.2 Å². The van der Waals surface area contributed by atoms with E-state index < -0.39 is 17.6 Å². The predicted molar refractivity (Wildman–Crippen MR) is 116 cm³/mol. The van der Waals surface area contributed by atoms with E-state index in [1.165, 1.54) is 12.3 Å². The van der Waals surface area contributed by atoms with Crippen LogP contribution in [0.5, 0.6) is 0 Å². The molecule has 5 nitrogen and oxygen atoms in total. The number of hydrogen-bond donors (Lipinski definition) is 2. The molecule has 4 aromatic rings. The van der Waals surface area contributed by atoms with Gasteiger partial charge in [-0.3, -0.25) is 9.78 Å². The molecule has 0 fully saturated rings. The molecule has 32 heavy (non-hydrogen) atoms. The number of imidazole rings is 1. The van der Waals surface area contributed by atoms with Gasteiger partial charge in [-0.1, -0.05) is 29.3 Å². The van der Waals surface area contributed by atoms with Gasteiger partial charge in [-0.05, 0) is 48.0 Å². The lowest BCUT2D eigenvalue weighted by Gasteiger charge is -2.12. The van der Waals surface area contributed by atoms with Crippen LogP contribution < -0.4 is 5.32 Å². The molecule has 4 rings (SSSR count). The van der Waals surface area contributed by atoms with E-state index in [1.807, 2.05) is 0 Å². The Balaban J connectivity index is 1.51. The summed E-state index contributed by atoms with van der Waals surface area (Å²) in [4.78, 5) is 23.9. The molecule has 0 atom stereocenters. The highest BCUT2D eigenvalue weighted by atomic mass is 35.5. The number of aromatic amines is 1. The molecule has 0 bridgehead atoms. The van der Waals surface area contributed by atoms with Gasteiger partial charge < -0.3 is 10.3 Å². The van der Waals surface area contributed by atoms with Crippen molar-refractivity contribution < 1.29 is 18.0 Å². The lowest BCUT2D eigenvalue weighted by atomic mass is 10.1. The number of aromatic nitrogens is 3. The maximum atomic E-state index is 13.1. The molecule has 0 unspecified atom stereocenters. The van der Waals surface area contributed by atoms with Crippen LogP contribution in [0.15, 0.2) is 54.7 Å². The molecule has 0 aliphatic rings. The average Bonchev–Trinajstić information content (AvgIpc) is 3.16. The van der Waals surface area contributed by atoms with Crippen LogP contribution in [-0.2, 0) is 19.1 Å². The van der Waals surface area contributed by atoms with Crippen molar-refractivity contribution in [1.29, 1.82) is 0 Å². The third kappa shape index (κ3) is 4.71. The van der Waals surface area contributed by atoms with Crippen LogP contribution in [0.3, 0.4) is 0 Å². The summed E-state index contributed by atoms with van der Waals surface area (Å²) in [6.07, 6.45) is -2.93. The molecule has 2 aromatic heterocycles. The molecule has 0 aliphatic carbocycles. The average molecular weight is 479 g/mol. The Morgan fingerprint density at radius 3 is 2.53 bits per heavy atom. The number of benzene rings is 2. The summed E-state index contributed by atoms with van der Waals surface area (Å²) < 4.78 is 39.3. The van der Waals surface area contributed by atoms with Crippen LogP contribution in [0.2, 0.25) is 10.0 Å². The SMILES string of the molecule is O=C(NCc1ncccc1C(F)(F)F)c1ccc2nc(Cc3c(Cl)cccc3Cl)[nH]c2c1. The fourth-order valence-corrected chi connectivity index (χ4v) is 3.79. The smallest absolute Gasteiger partial charge is 0.346 e. The highest BCUT2D eigenvalue weighted by Crippen LogP contribution is 2.31. The van der Waals surface area contributed by atoms with Crippen LogP contribution in [0.1, 0.15) is 33.0 Å². The van der Waals surface area contributed by atoms with Crippen molar-refractivity contribution in [2.24, 2.45) is 0 Å². The van der Waals surface area contributed by atoms with Crippen LogP contribution in [0, 0.1) is 0 Å². The summed E-state index contributed by atoms with van der Waals surface area (Å²) >= 11 is 12.4. The Kier molecular flexibility index (Phi) is 6.08. The van der Waals surface area contributed by atoms with Gasteiger partial charge in [-0.2, -0.15) is 13.2 Å². The molecular weight excluding hydrogens is 464 g/mol. The Morgan fingerprint density at radius 1 is 1.06 bits per heavy atom. The molecule has 0 radical (unpaired) electrons. The number of nitrogens with one attached hydrogen (secondary N) is 2. The zero-order chi connectivity index (χ0) is 22.9. The number of carbonyl (C=O) groups excluding carboxylic acids is 1. The quantitative estimate of drug-likeness (QED) is 0.380. The number of fused-ring (bicyclic) bond motifs is 1. The Labute approximate surface area is 190 Å². The lowest BCUT2D eigenvalue weighted by Crippen LogP contribution is -2.25. The number of rotatable bonds is 5. The number of carbonyl (C=O) groups is 1. The van der Waals surface area contributed by atoms with Gasteiger partial charge in [-0.25, -0.2) is 4.98 Å². The Bertz CT molecular complexity index is 1280. The molecule has 10 heteroatoms. The first-order chi connectivity index (χ1) is 15.2. The monoisotopic (exact) mass is 478 g/mol. The zero-order valence-electron chi connectivity index (χ0n) is 16.3. The van der Waals surface area contributed by atoms with Crippen molar-refractivity contribution in [3.05, 3.63) is 93.0 Å². The summed E-state index contributed by atoms with van der Waals surface area (Å²) in [5, 5.41) is 3.52. The molecule has 2 N–H and O–H groups in total. The van der Waals surface area contributed by atoms with E-state index in [-0.39, 0.29) is 17.8 Å². The van der Waals surface area contributed by atoms with Crippen LogP contribution in [0.25, 0.3) is 11.0 Å². The highest BCUT2D eigenvalue weighted by molar-refractivity contribution is 6.36. The maximum Gasteiger partial charge on any atom is 0.418 e. The first-order valence-corrected chi connectivity index (χ1v) is 10.2. The fraction of sp³-hybridized carbons (Fsp3) is 0.136. The fourth-order valence-electron chi connectivity index (χ4n) is 3.26. The molecule has 0 spiro atoms. The second-order valence-electron chi connectivity index (χ2n) is 6.97. The first-order valence-electron chi connectivity index (χ1n) is 9.43. The van der Waals surface area contributed by atoms with Crippen molar-refractivity contribution in [3.8, 4) is 0 Å². The topological polar surface area (TPSA) is 70.7 Å². The first kappa shape index (κ1) is 22.1. The van der Waals surface area contributed by atoms with Crippen LogP contribution >= 0.6 is 23.2 Å². The van der Waals surface area contributed by atoms with Gasteiger partial charge in [0.2, 0.25) is 0 Å². The van der Waals surface area contributed by atoms with E-state index in [9.17, 15) is 18.0 Å². The summed E-state index contributed by atoms with van der Waals surface area (Å²) in [6.45, 7) is -0.355. The molecule has 1 amide bonds. The van der Waals surface area contributed by atoms with E-state index in [2.05, 4.69) is 20.3 Å². The molecule has 2 aromatic carbocycles. The number of alkyl halides is 3. The van der Waals surface area contributed by atoms with Crippen molar-refractivity contribution in [2.75, 3.05) is 0 Å². The second-order valence-corrected chi connectivity index (χ2v) is 7.78. The molecular formula is C22H15Cl2F3N4O. The minimum Gasteiger partial charge on any atom is -0.346 e. The zero-order valence-corrected chi connectivity index (χ0v) is 17.8. The van der Waals surface area contributed by atoms with Gasteiger partial charge in [-0.15, -0.1) is 0 Å². The van der Waals surface area contributed by atoms with Crippen molar-refractivity contribution in [3.63, 3.8) is 0 Å². The summed E-state index contributed by atoms with van der Waals surface area (Å²) in [5.41, 5.74) is 1.09. The largest absolute Gasteiger partial charge is 0.418 e. The molecule has 164 valence electrons. The molecule has 0 saturated heterocycles. The standard InChI is InChI=1S/C22H15Cl2F3N4O/c23-15-4-1-5-16(24)13(15)10-20-30-17-7-6-12(9-18(17)31-20)21(32)29-11-19-14(22(25,26)27)3-2-8-28-19/h1-9H,10-11H2,(H,29,32)(H,30,31). The summed E-state index contributed by atoms with van der Waals surface area (Å²) in [6, 6.07) is 12.1. The van der Waals surface area contributed by atoms with Gasteiger partial charge >= 0.3 is 6.18 Å². The normalized spacial score (nSPS) is 11.7. The minimum absolute atomic E-state index is 0.255. The second kappa shape index (κ2) is 8.80. The van der Waals surface area contributed by atoms with Crippen molar-refractivity contribution in [2.45, 2.75) is 19.1 Å². The summed E-state index contributed by atoms with van der Waals surface area (Å²) in [7, 11) is 0. The van der Waals surface area contributed by atoms with E-state index in [0.29, 0.717) is 33.3 Å². The van der Waals surface area contributed by atoms with Crippen molar-refractivity contribution in [1.82, 2.24) is 20.3 Å². The number of H-pyrrole nitrogens is 1. The van der Waals surface area contributed by atoms with Crippen molar-refractivity contribution >= 4 is 40.1 Å². The number of pyridine rings is 1. The third-order valence-corrected chi connectivity index (χ3v) is 5.52. The number of nitrogens with zero attached hydrogens (tertiary/aromatic N) is 2. The van der Waals surface area contributed by atoms with Crippen LogP contribution in [-0.4, -0.2) is 20.9 Å². The molecule has 0 aliphatic heterocycles. The van der Waals surface area contributed by atoms with E-state index >= 15 is 0 Å². The molecule has 2 heterocycles. The summed E-state index contributed by atoms with van der Waals surface area (Å²) in [5.74, 6) is 0.0758. The number of amides is 1. The Morgan fingerprint density at radius 2 is 1.81 bits per heavy atom. The minimum atomic E-state index is -4.55. The van der Waals surface area contributed by atoms with Gasteiger partial charge in [0.1, 0.15) is 5.82 Å². The predicted octanol–water partition coefficient (Wildman–Crippen LogP) is 5.80. The highest BCUT2D eigenvalue weighted by Gasteiger charge is 2.33. The van der Waals surface area contributed by atoms with Crippen LogP contribution in [0.4, 0.5) is 13.2 Å². The van der Waals surface area contributed by atoms with E-state index in [0.717, 1.165) is 11.6 Å². The lowest BCUT2D eigenvalue weighted by molar-refractivity contribution is -0.138. The number of hydrogen-bond acceptors (Lipinski definition) is 3.